The highest BCUT2D eigenvalue weighted by molar-refractivity contribution is 5.79. The number of ether oxygens (including phenoxy) is 1. The van der Waals surface area contributed by atoms with Gasteiger partial charge >= 0.3 is 0 Å². The lowest BCUT2D eigenvalue weighted by molar-refractivity contribution is -0.128. The van der Waals surface area contributed by atoms with Crippen LogP contribution < -0.4 is 20.7 Å². The maximum atomic E-state index is 14.4. The second-order valence-electron chi connectivity index (χ2n) is 12.0. The minimum Gasteiger partial charge on any atom is -0.487 e. The van der Waals surface area contributed by atoms with Gasteiger partial charge in [-0.25, -0.2) is 13.8 Å². The van der Waals surface area contributed by atoms with Gasteiger partial charge in [0, 0.05) is 43.4 Å². The van der Waals surface area contributed by atoms with Crippen LogP contribution in [-0.4, -0.2) is 60.1 Å². The minimum absolute atomic E-state index is 0.0127. The Morgan fingerprint density at radius 2 is 1.74 bits per heavy atom. The molecule has 0 saturated carbocycles. The van der Waals surface area contributed by atoms with E-state index < -0.39 is 41.9 Å². The number of carbonyl (C=O) groups excluding carboxylic acids is 1. The zero-order chi connectivity index (χ0) is 32.8. The van der Waals surface area contributed by atoms with Gasteiger partial charge in [-0.15, -0.1) is 0 Å². The molecule has 5 N–H and O–H groups in total. The van der Waals surface area contributed by atoms with E-state index in [0.29, 0.717) is 17.5 Å². The molecule has 10 heteroatoms. The number of benzene rings is 3. The molecule has 3 aromatic carbocycles. The summed E-state index contributed by atoms with van der Waals surface area (Å²) < 4.78 is 34.2. The van der Waals surface area contributed by atoms with Crippen LogP contribution in [0.4, 0.5) is 14.6 Å². The lowest BCUT2D eigenvalue weighted by Crippen LogP contribution is -2.46. The molecule has 5 rings (SSSR count). The van der Waals surface area contributed by atoms with Crippen LogP contribution in [0.5, 0.6) is 5.75 Å². The van der Waals surface area contributed by atoms with Crippen molar-refractivity contribution in [3.8, 4) is 16.9 Å². The van der Waals surface area contributed by atoms with Gasteiger partial charge in [-0.1, -0.05) is 54.6 Å². The molecule has 242 valence electrons. The molecule has 0 unspecified atom stereocenters. The highest BCUT2D eigenvalue weighted by atomic mass is 19.1. The molecule has 0 spiro atoms. The lowest BCUT2D eigenvalue weighted by Gasteiger charge is -2.33. The molecule has 0 aliphatic carbocycles. The van der Waals surface area contributed by atoms with Gasteiger partial charge in [-0.2, -0.15) is 0 Å². The predicted molar refractivity (Wildman–Crippen MR) is 173 cm³/mol. The first-order chi connectivity index (χ1) is 22.1. The van der Waals surface area contributed by atoms with Crippen molar-refractivity contribution in [3.63, 3.8) is 0 Å². The van der Waals surface area contributed by atoms with Crippen LogP contribution in [-0.2, 0) is 17.6 Å². The quantitative estimate of drug-likeness (QED) is 0.181. The summed E-state index contributed by atoms with van der Waals surface area (Å²) in [5, 5.41) is 24.7. The fraction of sp³-hybridized carbons (Fsp3) is 0.333. The second kappa shape index (κ2) is 14.8. The van der Waals surface area contributed by atoms with E-state index in [1.54, 1.807) is 24.3 Å². The number of fused-ring (bicyclic) bond motifs is 1. The van der Waals surface area contributed by atoms with Crippen molar-refractivity contribution in [2.24, 2.45) is 11.7 Å². The van der Waals surface area contributed by atoms with E-state index in [4.69, 9.17) is 10.5 Å². The van der Waals surface area contributed by atoms with Gasteiger partial charge in [0.2, 0.25) is 5.91 Å². The first kappa shape index (κ1) is 33.0. The molecule has 0 bridgehead atoms. The van der Waals surface area contributed by atoms with Crippen molar-refractivity contribution in [1.29, 1.82) is 0 Å². The smallest absolute Gasteiger partial charge is 0.223 e. The summed E-state index contributed by atoms with van der Waals surface area (Å²) in [7, 11) is 3.87. The number of amides is 1. The number of para-hydroxylation sites is 1. The largest absolute Gasteiger partial charge is 0.487 e. The van der Waals surface area contributed by atoms with Crippen LogP contribution in [0.25, 0.3) is 11.1 Å². The number of carbonyl (C=O) groups is 1. The molecule has 46 heavy (non-hydrogen) atoms. The van der Waals surface area contributed by atoms with Gasteiger partial charge < -0.3 is 30.9 Å². The highest BCUT2D eigenvalue weighted by Gasteiger charge is 2.35. The Bertz CT molecular complexity index is 1620. The Kier molecular flexibility index (Phi) is 10.6. The third kappa shape index (κ3) is 7.88. The maximum absolute atomic E-state index is 14.4. The molecule has 1 aromatic heterocycles. The Balaban J connectivity index is 1.27. The summed E-state index contributed by atoms with van der Waals surface area (Å²) in [5.41, 5.74) is 10.1. The highest BCUT2D eigenvalue weighted by Crippen LogP contribution is 2.35. The van der Waals surface area contributed by atoms with Crippen molar-refractivity contribution in [2.75, 3.05) is 25.6 Å². The summed E-state index contributed by atoms with van der Waals surface area (Å²) in [4.78, 5) is 20.1. The van der Waals surface area contributed by atoms with Crippen LogP contribution in [0.2, 0.25) is 0 Å². The number of nitrogens with one attached hydrogen (secondary N) is 1. The van der Waals surface area contributed by atoms with Gasteiger partial charge in [-0.3, -0.25) is 4.79 Å². The number of anilines is 1. The first-order valence-corrected chi connectivity index (χ1v) is 15.4. The van der Waals surface area contributed by atoms with Crippen LogP contribution in [0, 0.1) is 17.6 Å². The summed E-state index contributed by atoms with van der Waals surface area (Å²) in [6, 6.07) is 20.9. The fourth-order valence-corrected chi connectivity index (χ4v) is 5.76. The SMILES string of the molecule is CN(C)c1ccc(-c2ccc(C[C@H](N)[C@@H](O)C[C@@H](CCc3ccccc3F)C(=O)N[C@H]3c4cccc(F)c4OC[C@H]3O)cc2)cn1. The molecular formula is C36H40F2N4O4. The molecule has 4 aromatic rings. The van der Waals surface area contributed by atoms with Gasteiger partial charge in [0.1, 0.15) is 24.3 Å². The van der Waals surface area contributed by atoms with Crippen molar-refractivity contribution in [2.45, 2.75) is 50.0 Å². The topological polar surface area (TPSA) is 121 Å². The maximum Gasteiger partial charge on any atom is 0.223 e. The van der Waals surface area contributed by atoms with Gasteiger partial charge in [0.25, 0.3) is 0 Å². The van der Waals surface area contributed by atoms with E-state index in [-0.39, 0.29) is 37.4 Å². The molecule has 0 radical (unpaired) electrons. The Hall–Kier alpha value is -4.38. The van der Waals surface area contributed by atoms with Gasteiger partial charge in [0.15, 0.2) is 11.6 Å². The van der Waals surface area contributed by atoms with Crippen molar-refractivity contribution >= 4 is 11.7 Å². The van der Waals surface area contributed by atoms with E-state index in [1.165, 1.54) is 18.2 Å². The minimum atomic E-state index is -1.11. The normalized spacial score (nSPS) is 17.7. The Morgan fingerprint density at radius 3 is 2.43 bits per heavy atom. The van der Waals surface area contributed by atoms with Crippen molar-refractivity contribution in [1.82, 2.24) is 10.3 Å². The summed E-state index contributed by atoms with van der Waals surface area (Å²) in [6.07, 6.45) is 0.512. The fourth-order valence-electron chi connectivity index (χ4n) is 5.76. The number of aryl methyl sites for hydroxylation is 1. The van der Waals surface area contributed by atoms with Crippen LogP contribution in [0.1, 0.15) is 35.6 Å². The van der Waals surface area contributed by atoms with Gasteiger partial charge in [-0.05, 0) is 66.6 Å². The van der Waals surface area contributed by atoms with Gasteiger partial charge in [0.05, 0.1) is 12.1 Å². The van der Waals surface area contributed by atoms with Crippen molar-refractivity contribution < 1.29 is 28.5 Å². The molecular weight excluding hydrogens is 590 g/mol. The van der Waals surface area contributed by atoms with Crippen molar-refractivity contribution in [3.05, 3.63) is 113 Å². The number of halogens is 2. The number of aromatic nitrogens is 1. The molecule has 1 aliphatic heterocycles. The van der Waals surface area contributed by atoms with Crippen LogP contribution >= 0.6 is 0 Å². The number of aliphatic hydroxyl groups excluding tert-OH is 2. The average Bonchev–Trinajstić information content (AvgIpc) is 3.05. The first-order valence-electron chi connectivity index (χ1n) is 15.4. The number of hydrogen-bond donors (Lipinski definition) is 4. The zero-order valence-electron chi connectivity index (χ0n) is 25.9. The monoisotopic (exact) mass is 630 g/mol. The Labute approximate surface area is 267 Å². The predicted octanol–water partition coefficient (Wildman–Crippen LogP) is 4.57. The zero-order valence-corrected chi connectivity index (χ0v) is 25.9. The standard InChI is InChI=1S/C36H40F2N4O4/c1-42(2)33-17-16-26(20-40-33)23-12-10-22(11-13-23)18-30(39)31(43)19-25(15-14-24-6-3-4-8-28(24)37)36(45)41-34-27-7-5-9-29(38)35(27)46-21-32(34)44/h3-13,16-17,20,25,30-32,34,43-44H,14-15,18-19,21,39H2,1-2H3,(H,41,45)/t25-,30+,31+,32-,34+/m1/s1. The van der Waals surface area contributed by atoms with Crippen LogP contribution in [0.15, 0.2) is 85.1 Å². The third-order valence-electron chi connectivity index (χ3n) is 8.49. The molecule has 0 saturated heterocycles. The van der Waals surface area contributed by atoms with E-state index in [9.17, 15) is 23.8 Å². The number of nitrogens with zero attached hydrogens (tertiary/aromatic N) is 2. The van der Waals surface area contributed by atoms with Crippen LogP contribution in [0.3, 0.4) is 0 Å². The number of rotatable bonds is 12. The summed E-state index contributed by atoms with van der Waals surface area (Å²) in [6.45, 7) is -0.192. The number of aliphatic hydroxyl groups is 2. The van der Waals surface area contributed by atoms with E-state index in [0.717, 1.165) is 22.5 Å². The third-order valence-corrected chi connectivity index (χ3v) is 8.49. The lowest BCUT2D eigenvalue weighted by atomic mass is 9.88. The van der Waals surface area contributed by atoms with E-state index >= 15 is 0 Å². The van der Waals surface area contributed by atoms with E-state index in [1.807, 2.05) is 61.6 Å². The second-order valence-corrected chi connectivity index (χ2v) is 12.0. The summed E-state index contributed by atoms with van der Waals surface area (Å²) in [5.74, 6) is -1.35. The molecule has 2 heterocycles. The molecule has 1 aliphatic rings. The van der Waals surface area contributed by atoms with E-state index in [2.05, 4.69) is 10.3 Å². The number of nitrogens with two attached hydrogens (primary N) is 1. The number of pyridine rings is 1. The molecule has 5 atom stereocenters. The molecule has 1 amide bonds. The molecule has 8 nitrogen and oxygen atoms in total. The molecule has 0 fully saturated rings. The Morgan fingerprint density at radius 1 is 1.02 bits per heavy atom. The number of hydrogen-bond acceptors (Lipinski definition) is 7. The summed E-state index contributed by atoms with van der Waals surface area (Å²) >= 11 is 0. The average molecular weight is 631 g/mol.